The summed E-state index contributed by atoms with van der Waals surface area (Å²) in [5.74, 6) is 5.22. The molecule has 3 rings (SSSR count). The predicted molar refractivity (Wildman–Crippen MR) is 319 cm³/mol. The maximum atomic E-state index is 4.60. The van der Waals surface area contributed by atoms with E-state index < -0.39 is 0 Å². The number of unbranched alkanes of at least 4 members (excludes halogenated alkanes) is 4. The van der Waals surface area contributed by atoms with Gasteiger partial charge in [0.15, 0.2) is 0 Å². The number of hydrogen-bond donors (Lipinski definition) is 0. The summed E-state index contributed by atoms with van der Waals surface area (Å²) in [6, 6.07) is 0. The number of rotatable bonds is 44. The van der Waals surface area contributed by atoms with Crippen molar-refractivity contribution in [3.8, 4) is 0 Å². The van der Waals surface area contributed by atoms with Crippen molar-refractivity contribution in [1.82, 2.24) is 19.6 Å². The summed E-state index contributed by atoms with van der Waals surface area (Å²) in [5, 5.41) is 0. The largest absolute Gasteiger partial charge is 0.303 e. The Morgan fingerprint density at radius 2 is 0.817 bits per heavy atom. The summed E-state index contributed by atoms with van der Waals surface area (Å²) in [7, 11) is 0. The van der Waals surface area contributed by atoms with E-state index in [-0.39, 0.29) is 0 Å². The van der Waals surface area contributed by atoms with Crippen LogP contribution in [0.15, 0.2) is 73.4 Å². The molecule has 0 spiro atoms. The second-order valence-electron chi connectivity index (χ2n) is 24.9. The first-order chi connectivity index (χ1) is 34.3. The Labute approximate surface area is 445 Å². The second kappa shape index (κ2) is 39.7. The molecular weight excluding hydrogens is 861 g/mol. The summed E-state index contributed by atoms with van der Waals surface area (Å²) in [5.41, 5.74) is 7.43. The predicted octanol–water partition coefficient (Wildman–Crippen LogP) is 18.5. The van der Waals surface area contributed by atoms with E-state index in [0.29, 0.717) is 0 Å². The zero-order valence-corrected chi connectivity index (χ0v) is 48.7. The number of piperazine rings is 1. The fourth-order valence-corrected chi connectivity index (χ4v) is 12.4. The molecule has 2 saturated carbocycles. The minimum Gasteiger partial charge on any atom is -0.303 e. The van der Waals surface area contributed by atoms with E-state index in [0.717, 1.165) is 87.4 Å². The molecule has 0 atom stereocenters. The topological polar surface area (TPSA) is 13.0 Å². The molecule has 0 aromatic heterocycles. The van der Waals surface area contributed by atoms with Gasteiger partial charge in [0.2, 0.25) is 0 Å². The molecule has 3 fully saturated rings. The van der Waals surface area contributed by atoms with Crippen LogP contribution in [0.25, 0.3) is 0 Å². The van der Waals surface area contributed by atoms with Crippen LogP contribution in [-0.2, 0) is 0 Å². The van der Waals surface area contributed by atoms with Crippen LogP contribution >= 0.6 is 0 Å². The lowest BCUT2D eigenvalue weighted by atomic mass is 9.76. The van der Waals surface area contributed by atoms with Gasteiger partial charge in [-0.1, -0.05) is 153 Å². The molecule has 3 aliphatic rings. The molecule has 0 unspecified atom stereocenters. The highest BCUT2D eigenvalue weighted by atomic mass is 15.3. The quantitative estimate of drug-likeness (QED) is 0.0445. The molecule has 4 nitrogen and oxygen atoms in total. The highest BCUT2D eigenvalue weighted by molar-refractivity contribution is 5.04. The van der Waals surface area contributed by atoms with Crippen LogP contribution in [0.2, 0.25) is 0 Å². The Bertz CT molecular complexity index is 1410. The molecule has 0 amide bonds. The summed E-state index contributed by atoms with van der Waals surface area (Å²) in [6.07, 6.45) is 43.9. The van der Waals surface area contributed by atoms with Crippen molar-refractivity contribution < 1.29 is 0 Å². The first-order valence-electron chi connectivity index (χ1n) is 31.2. The van der Waals surface area contributed by atoms with E-state index in [4.69, 9.17) is 0 Å². The normalized spacial score (nSPS) is 20.4. The van der Waals surface area contributed by atoms with E-state index in [9.17, 15) is 0 Å². The average Bonchev–Trinajstić information content (AvgIpc) is 3.36. The van der Waals surface area contributed by atoms with Crippen LogP contribution in [0.4, 0.5) is 0 Å². The van der Waals surface area contributed by atoms with E-state index in [2.05, 4.69) is 99.8 Å². The van der Waals surface area contributed by atoms with Gasteiger partial charge in [-0.25, -0.2) is 0 Å². The van der Waals surface area contributed by atoms with Gasteiger partial charge < -0.3 is 19.6 Å². The van der Waals surface area contributed by atoms with Gasteiger partial charge >= 0.3 is 0 Å². The molecule has 0 bridgehead atoms. The lowest BCUT2D eigenvalue weighted by molar-refractivity contribution is 0.121. The van der Waals surface area contributed by atoms with Gasteiger partial charge in [0.1, 0.15) is 0 Å². The monoisotopic (exact) mass is 983 g/mol. The minimum atomic E-state index is 0.782. The highest BCUT2D eigenvalue weighted by Gasteiger charge is 2.24. The number of nitrogens with zero attached hydrogens (tertiary/aromatic N) is 4. The highest BCUT2D eigenvalue weighted by Crippen LogP contribution is 2.38. The molecule has 71 heavy (non-hydrogen) atoms. The smallest absolute Gasteiger partial charge is 0.0110 e. The molecule has 2 aliphatic carbocycles. The first kappa shape index (κ1) is 63.6. The van der Waals surface area contributed by atoms with E-state index in [1.165, 1.54) is 249 Å². The molecule has 0 radical (unpaired) electrons. The van der Waals surface area contributed by atoms with Crippen molar-refractivity contribution in [2.75, 3.05) is 78.5 Å². The Balaban J connectivity index is 1.27. The van der Waals surface area contributed by atoms with Crippen molar-refractivity contribution >= 4 is 0 Å². The van der Waals surface area contributed by atoms with Crippen molar-refractivity contribution in [3.05, 3.63) is 73.4 Å². The fourth-order valence-electron chi connectivity index (χ4n) is 12.4. The van der Waals surface area contributed by atoms with Crippen LogP contribution in [0.3, 0.4) is 0 Å². The fraction of sp³-hybridized carbons (Fsp3) is 0.821. The number of hydrogen-bond acceptors (Lipinski definition) is 4. The van der Waals surface area contributed by atoms with E-state index >= 15 is 0 Å². The van der Waals surface area contributed by atoms with Gasteiger partial charge in [-0.3, -0.25) is 0 Å². The maximum Gasteiger partial charge on any atom is 0.0110 e. The van der Waals surface area contributed by atoms with Crippen LogP contribution in [0.5, 0.6) is 0 Å². The van der Waals surface area contributed by atoms with Crippen molar-refractivity contribution in [2.24, 2.45) is 35.5 Å². The molecule has 0 aromatic rings. The van der Waals surface area contributed by atoms with Gasteiger partial charge in [-0.15, -0.1) is 6.58 Å². The maximum absolute atomic E-state index is 4.60. The Morgan fingerprint density at radius 3 is 1.18 bits per heavy atom. The molecular formula is C67H122N4. The molecule has 1 saturated heterocycles. The Kier molecular flexibility index (Phi) is 35.5. The Hall–Kier alpha value is -1.72. The summed E-state index contributed by atoms with van der Waals surface area (Å²) in [4.78, 5) is 10.9. The minimum absolute atomic E-state index is 0.782. The third kappa shape index (κ3) is 31.1. The third-order valence-corrected chi connectivity index (χ3v) is 17.7. The lowest BCUT2D eigenvalue weighted by Gasteiger charge is -2.35. The van der Waals surface area contributed by atoms with Crippen LogP contribution < -0.4 is 0 Å². The van der Waals surface area contributed by atoms with Gasteiger partial charge in [0.25, 0.3) is 0 Å². The molecule has 4 heteroatoms. The molecule has 410 valence electrons. The summed E-state index contributed by atoms with van der Waals surface area (Å²) >= 11 is 0. The number of allylic oxidation sites excluding steroid dienone is 2. The van der Waals surface area contributed by atoms with Crippen LogP contribution in [0, 0.1) is 35.5 Å². The van der Waals surface area contributed by atoms with Crippen molar-refractivity contribution in [2.45, 2.75) is 240 Å². The molecule has 0 N–H and O–H groups in total. The summed E-state index contributed by atoms with van der Waals surface area (Å²) in [6.45, 7) is 52.8. The van der Waals surface area contributed by atoms with E-state index in [1.807, 2.05) is 0 Å². The molecule has 0 aromatic carbocycles. The van der Waals surface area contributed by atoms with Gasteiger partial charge in [-0.05, 0) is 216 Å². The van der Waals surface area contributed by atoms with Gasteiger partial charge in [-0.2, -0.15) is 0 Å². The lowest BCUT2D eigenvalue weighted by Crippen LogP contribution is -2.47. The average molecular weight is 984 g/mol. The Morgan fingerprint density at radius 1 is 0.451 bits per heavy atom. The first-order valence-corrected chi connectivity index (χ1v) is 31.2. The van der Waals surface area contributed by atoms with E-state index in [1.54, 1.807) is 11.1 Å². The van der Waals surface area contributed by atoms with Crippen molar-refractivity contribution in [3.63, 3.8) is 0 Å². The second-order valence-corrected chi connectivity index (χ2v) is 24.9. The summed E-state index contributed by atoms with van der Waals surface area (Å²) < 4.78 is 0. The zero-order valence-electron chi connectivity index (χ0n) is 48.7. The van der Waals surface area contributed by atoms with Gasteiger partial charge in [0.05, 0.1) is 0 Å². The molecule has 1 aliphatic heterocycles. The van der Waals surface area contributed by atoms with Crippen molar-refractivity contribution in [1.29, 1.82) is 0 Å². The van der Waals surface area contributed by atoms with Crippen LogP contribution in [-0.4, -0.2) is 98.1 Å². The van der Waals surface area contributed by atoms with Gasteiger partial charge in [0, 0.05) is 52.4 Å². The standard InChI is InChI=1S/C67H122N4/c1-12-14-16-27-59(7)43-51-69(52-44-61(9)29-18-20-31-63(11)67-40-36-65(37-41-67)33-22-26-58(5)6)47-24-49-71-55-53-70(54-56-71)48-23-46-68(45-15-13-2)50-42-60(8)28-17-19-30-62(10)66-38-34-64(35-39-66)32-21-25-57(3)4/h13,57-58,64-67H,2,7-12,14-56H2,1,3-6H3. The van der Waals surface area contributed by atoms with Crippen LogP contribution in [0.1, 0.15) is 240 Å². The molecule has 1 heterocycles. The zero-order chi connectivity index (χ0) is 51.5. The SMILES string of the molecule is C=CCCN(CCCN1CCN(CCCN(CCC(=C)CCCCC)CCC(=C)CCCCC(=C)C2CCC(CCCC(C)C)CC2)CC1)CCC(=C)CCCCC(=C)C1CCC(CCCC(C)C)CC1. The third-order valence-electron chi connectivity index (χ3n) is 17.7.